The van der Waals surface area contributed by atoms with Gasteiger partial charge in [-0.2, -0.15) is 0 Å². The van der Waals surface area contributed by atoms with E-state index in [0.29, 0.717) is 18.9 Å². The van der Waals surface area contributed by atoms with Crippen LogP contribution in [0.15, 0.2) is 42.5 Å². The second-order valence-electron chi connectivity index (χ2n) is 6.55. The molecule has 4 nitrogen and oxygen atoms in total. The number of amides is 1. The number of carboxylic acids is 1. The minimum atomic E-state index is -0.754. The van der Waals surface area contributed by atoms with E-state index in [1.165, 1.54) is 16.3 Å². The van der Waals surface area contributed by atoms with Gasteiger partial charge in [-0.1, -0.05) is 48.9 Å². The summed E-state index contributed by atoms with van der Waals surface area (Å²) >= 11 is 0. The molecule has 1 amide bonds. The topological polar surface area (TPSA) is 66.4 Å². The highest BCUT2D eigenvalue weighted by Gasteiger charge is 2.43. The zero-order valence-corrected chi connectivity index (χ0v) is 13.7. The molecule has 0 radical (unpaired) electrons. The number of carbonyl (C=O) groups excluding carboxylic acids is 1. The molecule has 2 aromatic carbocycles. The minimum absolute atomic E-state index is 0.0881. The van der Waals surface area contributed by atoms with Gasteiger partial charge in [-0.3, -0.25) is 9.59 Å². The molecular weight excluding hydrogens is 302 g/mol. The molecule has 2 atom stereocenters. The van der Waals surface area contributed by atoms with Crippen LogP contribution in [0, 0.1) is 5.92 Å². The second-order valence-corrected chi connectivity index (χ2v) is 6.55. The molecule has 1 fully saturated rings. The van der Waals surface area contributed by atoms with Crippen LogP contribution in [-0.4, -0.2) is 23.5 Å². The molecule has 1 aliphatic rings. The Morgan fingerprint density at radius 1 is 1.04 bits per heavy atom. The van der Waals surface area contributed by atoms with Crippen molar-refractivity contribution >= 4 is 22.6 Å². The number of carboxylic acid groups (broad SMARTS) is 1. The van der Waals surface area contributed by atoms with Crippen LogP contribution in [0.4, 0.5) is 0 Å². The Bertz CT molecular complexity index is 740. The SMILES string of the molecule is O=C(O)CCCCCNC(=O)C1CC1c1ccc2ccccc2c1. The molecule has 0 aromatic heterocycles. The Morgan fingerprint density at radius 3 is 2.62 bits per heavy atom. The largest absolute Gasteiger partial charge is 0.481 e. The van der Waals surface area contributed by atoms with Gasteiger partial charge in [0.2, 0.25) is 5.91 Å². The standard InChI is InChI=1S/C20H23NO3/c22-19(23)8-2-1-5-11-21-20(24)18-13-17(18)16-10-9-14-6-3-4-7-15(14)12-16/h3-4,6-7,9-10,12,17-18H,1-2,5,8,11,13H2,(H,21,24)(H,22,23). The molecule has 126 valence electrons. The van der Waals surface area contributed by atoms with Gasteiger partial charge in [-0.05, 0) is 41.5 Å². The van der Waals surface area contributed by atoms with Gasteiger partial charge in [0.1, 0.15) is 0 Å². The molecule has 2 N–H and O–H groups in total. The van der Waals surface area contributed by atoms with Gasteiger partial charge in [-0.25, -0.2) is 0 Å². The maximum Gasteiger partial charge on any atom is 0.303 e. The van der Waals surface area contributed by atoms with Gasteiger partial charge < -0.3 is 10.4 Å². The summed E-state index contributed by atoms with van der Waals surface area (Å²) in [6.45, 7) is 0.638. The minimum Gasteiger partial charge on any atom is -0.481 e. The number of unbranched alkanes of at least 4 members (excludes halogenated alkanes) is 2. The first-order chi connectivity index (χ1) is 11.6. The van der Waals surface area contributed by atoms with Crippen LogP contribution in [0.3, 0.4) is 0 Å². The molecule has 0 bridgehead atoms. The third-order valence-corrected chi connectivity index (χ3v) is 4.70. The Morgan fingerprint density at radius 2 is 1.83 bits per heavy atom. The molecule has 3 rings (SSSR count). The van der Waals surface area contributed by atoms with Crippen LogP contribution in [0.5, 0.6) is 0 Å². The van der Waals surface area contributed by atoms with E-state index in [-0.39, 0.29) is 18.2 Å². The van der Waals surface area contributed by atoms with Crippen LogP contribution < -0.4 is 5.32 Å². The molecule has 24 heavy (non-hydrogen) atoms. The normalized spacial score (nSPS) is 19.2. The maximum absolute atomic E-state index is 12.2. The Hall–Kier alpha value is -2.36. The average Bonchev–Trinajstić information content (AvgIpc) is 3.38. The molecular formula is C20H23NO3. The third-order valence-electron chi connectivity index (χ3n) is 4.70. The lowest BCUT2D eigenvalue weighted by Crippen LogP contribution is -2.26. The van der Waals surface area contributed by atoms with Crippen molar-refractivity contribution in [2.24, 2.45) is 5.92 Å². The van der Waals surface area contributed by atoms with Gasteiger partial charge in [0.25, 0.3) is 0 Å². The van der Waals surface area contributed by atoms with Crippen molar-refractivity contribution in [3.05, 3.63) is 48.0 Å². The van der Waals surface area contributed by atoms with Crippen molar-refractivity contribution in [1.29, 1.82) is 0 Å². The van der Waals surface area contributed by atoms with Crippen LogP contribution in [0.25, 0.3) is 10.8 Å². The Balaban J connectivity index is 1.44. The highest BCUT2D eigenvalue weighted by atomic mass is 16.4. The second kappa shape index (κ2) is 7.47. The number of aliphatic carboxylic acids is 1. The van der Waals surface area contributed by atoms with Gasteiger partial charge in [0.05, 0.1) is 0 Å². The van der Waals surface area contributed by atoms with Crippen LogP contribution in [0.1, 0.15) is 43.6 Å². The summed E-state index contributed by atoms with van der Waals surface area (Å²) in [5.74, 6) is -0.201. The number of benzene rings is 2. The summed E-state index contributed by atoms with van der Waals surface area (Å²) in [6.07, 6.45) is 3.48. The first-order valence-corrected chi connectivity index (χ1v) is 8.63. The van der Waals surface area contributed by atoms with Crippen molar-refractivity contribution in [3.63, 3.8) is 0 Å². The van der Waals surface area contributed by atoms with E-state index in [9.17, 15) is 9.59 Å². The molecule has 0 heterocycles. The lowest BCUT2D eigenvalue weighted by atomic mass is 10.0. The zero-order chi connectivity index (χ0) is 16.9. The Kier molecular flexibility index (Phi) is 5.14. The third kappa shape index (κ3) is 4.13. The molecule has 2 aromatic rings. The molecule has 0 spiro atoms. The highest BCUT2D eigenvalue weighted by Crippen LogP contribution is 2.48. The first-order valence-electron chi connectivity index (χ1n) is 8.63. The molecule has 0 aliphatic heterocycles. The number of hydrogen-bond donors (Lipinski definition) is 2. The van der Waals surface area contributed by atoms with E-state index in [1.54, 1.807) is 0 Å². The van der Waals surface area contributed by atoms with Crippen LogP contribution in [-0.2, 0) is 9.59 Å². The fourth-order valence-electron chi connectivity index (χ4n) is 3.21. The van der Waals surface area contributed by atoms with E-state index in [2.05, 4.69) is 35.6 Å². The van der Waals surface area contributed by atoms with Crippen molar-refractivity contribution in [2.45, 2.75) is 38.0 Å². The van der Waals surface area contributed by atoms with Crippen LogP contribution in [0.2, 0.25) is 0 Å². The fraction of sp³-hybridized carbons (Fsp3) is 0.400. The summed E-state index contributed by atoms with van der Waals surface area (Å²) in [7, 11) is 0. The number of carbonyl (C=O) groups is 2. The molecule has 0 saturated heterocycles. The van der Waals surface area contributed by atoms with Crippen molar-refractivity contribution < 1.29 is 14.7 Å². The van der Waals surface area contributed by atoms with E-state index >= 15 is 0 Å². The summed E-state index contributed by atoms with van der Waals surface area (Å²) in [6, 6.07) is 14.7. The number of hydrogen-bond acceptors (Lipinski definition) is 2. The van der Waals surface area contributed by atoms with Crippen molar-refractivity contribution in [1.82, 2.24) is 5.32 Å². The van der Waals surface area contributed by atoms with Gasteiger partial charge >= 0.3 is 5.97 Å². The number of rotatable bonds is 8. The molecule has 1 saturated carbocycles. The van der Waals surface area contributed by atoms with Gasteiger partial charge in [0.15, 0.2) is 0 Å². The van der Waals surface area contributed by atoms with Crippen LogP contribution >= 0.6 is 0 Å². The predicted molar refractivity (Wildman–Crippen MR) is 93.9 cm³/mol. The lowest BCUT2D eigenvalue weighted by Gasteiger charge is -2.06. The zero-order valence-electron chi connectivity index (χ0n) is 13.7. The van der Waals surface area contributed by atoms with Crippen molar-refractivity contribution in [2.75, 3.05) is 6.54 Å². The predicted octanol–water partition coefficient (Wildman–Crippen LogP) is 3.70. The summed E-state index contributed by atoms with van der Waals surface area (Å²) < 4.78 is 0. The monoisotopic (exact) mass is 325 g/mol. The van der Waals surface area contributed by atoms with Gasteiger partial charge in [-0.15, -0.1) is 0 Å². The van der Waals surface area contributed by atoms with E-state index in [4.69, 9.17) is 5.11 Å². The molecule has 1 aliphatic carbocycles. The Labute approximate surface area is 141 Å². The summed E-state index contributed by atoms with van der Waals surface area (Å²) in [5.41, 5.74) is 1.25. The maximum atomic E-state index is 12.2. The van der Waals surface area contributed by atoms with E-state index in [1.807, 2.05) is 12.1 Å². The van der Waals surface area contributed by atoms with E-state index < -0.39 is 5.97 Å². The summed E-state index contributed by atoms with van der Waals surface area (Å²) in [5, 5.41) is 14.0. The smallest absolute Gasteiger partial charge is 0.303 e. The van der Waals surface area contributed by atoms with Crippen molar-refractivity contribution in [3.8, 4) is 0 Å². The quantitative estimate of drug-likeness (QED) is 0.727. The molecule has 4 heteroatoms. The summed E-state index contributed by atoms with van der Waals surface area (Å²) in [4.78, 5) is 22.6. The number of fused-ring (bicyclic) bond motifs is 1. The van der Waals surface area contributed by atoms with Gasteiger partial charge in [0, 0.05) is 18.9 Å². The lowest BCUT2D eigenvalue weighted by molar-refractivity contribution is -0.137. The molecule has 2 unspecified atom stereocenters. The number of nitrogens with one attached hydrogen (secondary N) is 1. The average molecular weight is 325 g/mol. The first kappa shape index (κ1) is 16.5. The highest BCUT2D eigenvalue weighted by molar-refractivity contribution is 5.85. The fourth-order valence-corrected chi connectivity index (χ4v) is 3.21. The van der Waals surface area contributed by atoms with E-state index in [0.717, 1.165) is 19.3 Å².